The Morgan fingerprint density at radius 2 is 2.33 bits per heavy atom. The SMILES string of the molecule is O=Cc1ncn2c1CN(C(=O)c1ccc[nH]1)CC2. The second-order valence-corrected chi connectivity index (χ2v) is 4.20. The van der Waals surface area contributed by atoms with Gasteiger partial charge in [-0.25, -0.2) is 4.98 Å². The number of hydrogen-bond donors (Lipinski definition) is 1. The van der Waals surface area contributed by atoms with Gasteiger partial charge in [0.25, 0.3) is 5.91 Å². The fourth-order valence-corrected chi connectivity index (χ4v) is 2.18. The largest absolute Gasteiger partial charge is 0.357 e. The molecule has 0 saturated carbocycles. The van der Waals surface area contributed by atoms with Crippen molar-refractivity contribution in [3.63, 3.8) is 0 Å². The summed E-state index contributed by atoms with van der Waals surface area (Å²) in [6.07, 6.45) is 4.10. The third-order valence-corrected chi connectivity index (χ3v) is 3.16. The van der Waals surface area contributed by atoms with E-state index in [1.165, 1.54) is 0 Å². The summed E-state index contributed by atoms with van der Waals surface area (Å²) < 4.78 is 1.92. The van der Waals surface area contributed by atoms with Gasteiger partial charge in [-0.1, -0.05) is 0 Å². The predicted molar refractivity (Wildman–Crippen MR) is 63.1 cm³/mol. The van der Waals surface area contributed by atoms with Crippen LogP contribution >= 0.6 is 0 Å². The monoisotopic (exact) mass is 244 g/mol. The summed E-state index contributed by atoms with van der Waals surface area (Å²) in [4.78, 5) is 31.7. The van der Waals surface area contributed by atoms with E-state index in [1.807, 2.05) is 4.57 Å². The highest BCUT2D eigenvalue weighted by Crippen LogP contribution is 2.16. The molecule has 3 heterocycles. The predicted octanol–water partition coefficient (Wildman–Crippen LogP) is 0.680. The molecule has 6 heteroatoms. The molecule has 1 N–H and O–H groups in total. The van der Waals surface area contributed by atoms with Crippen molar-refractivity contribution in [1.82, 2.24) is 19.4 Å². The van der Waals surface area contributed by atoms with Gasteiger partial charge in [0.15, 0.2) is 6.29 Å². The fourth-order valence-electron chi connectivity index (χ4n) is 2.18. The van der Waals surface area contributed by atoms with Crippen LogP contribution in [-0.2, 0) is 13.1 Å². The summed E-state index contributed by atoms with van der Waals surface area (Å²) >= 11 is 0. The number of rotatable bonds is 2. The maximum absolute atomic E-state index is 12.2. The van der Waals surface area contributed by atoms with Gasteiger partial charge in [0.05, 0.1) is 18.6 Å². The highest BCUT2D eigenvalue weighted by atomic mass is 16.2. The molecule has 3 rings (SSSR count). The third-order valence-electron chi connectivity index (χ3n) is 3.16. The molecule has 1 aliphatic rings. The molecule has 2 aromatic rings. The second kappa shape index (κ2) is 4.14. The van der Waals surface area contributed by atoms with Gasteiger partial charge in [0.1, 0.15) is 11.4 Å². The van der Waals surface area contributed by atoms with Gasteiger partial charge in [0, 0.05) is 19.3 Å². The zero-order chi connectivity index (χ0) is 12.5. The number of aromatic amines is 1. The van der Waals surface area contributed by atoms with Gasteiger partial charge < -0.3 is 14.5 Å². The first-order valence-corrected chi connectivity index (χ1v) is 5.71. The minimum absolute atomic E-state index is 0.0516. The molecule has 0 aromatic carbocycles. The van der Waals surface area contributed by atoms with Crippen molar-refractivity contribution in [2.24, 2.45) is 0 Å². The Labute approximate surface area is 103 Å². The van der Waals surface area contributed by atoms with E-state index in [2.05, 4.69) is 9.97 Å². The van der Waals surface area contributed by atoms with Gasteiger partial charge in [-0.15, -0.1) is 0 Å². The molecule has 0 fully saturated rings. The summed E-state index contributed by atoms with van der Waals surface area (Å²) in [7, 11) is 0. The molecule has 1 aliphatic heterocycles. The Hall–Kier alpha value is -2.37. The van der Waals surface area contributed by atoms with Crippen molar-refractivity contribution in [2.45, 2.75) is 13.1 Å². The topological polar surface area (TPSA) is 71.0 Å². The van der Waals surface area contributed by atoms with Crippen LogP contribution in [0.25, 0.3) is 0 Å². The molecule has 6 nitrogen and oxygen atoms in total. The maximum Gasteiger partial charge on any atom is 0.270 e. The number of amides is 1. The lowest BCUT2D eigenvalue weighted by Crippen LogP contribution is -2.38. The highest BCUT2D eigenvalue weighted by Gasteiger charge is 2.24. The Balaban J connectivity index is 1.86. The van der Waals surface area contributed by atoms with E-state index < -0.39 is 0 Å². The minimum Gasteiger partial charge on any atom is -0.357 e. The average molecular weight is 244 g/mol. The van der Waals surface area contributed by atoms with Crippen molar-refractivity contribution in [2.75, 3.05) is 6.54 Å². The number of nitrogens with one attached hydrogen (secondary N) is 1. The van der Waals surface area contributed by atoms with E-state index in [4.69, 9.17) is 0 Å². The van der Waals surface area contributed by atoms with Crippen LogP contribution in [0.4, 0.5) is 0 Å². The molecule has 0 atom stereocenters. The molecule has 1 amide bonds. The number of H-pyrrole nitrogens is 1. The number of carbonyl (C=O) groups excluding carboxylic acids is 2. The zero-order valence-electron chi connectivity index (χ0n) is 9.67. The first-order chi connectivity index (χ1) is 8.79. The van der Waals surface area contributed by atoms with Crippen LogP contribution in [0.2, 0.25) is 0 Å². The summed E-state index contributed by atoms with van der Waals surface area (Å²) in [5.74, 6) is -0.0516. The zero-order valence-corrected chi connectivity index (χ0v) is 9.67. The van der Waals surface area contributed by atoms with Crippen molar-refractivity contribution in [1.29, 1.82) is 0 Å². The van der Waals surface area contributed by atoms with Gasteiger partial charge in [-0.05, 0) is 12.1 Å². The first kappa shape index (κ1) is 10.8. The van der Waals surface area contributed by atoms with Crippen LogP contribution in [0.15, 0.2) is 24.7 Å². The van der Waals surface area contributed by atoms with E-state index in [0.29, 0.717) is 31.0 Å². The van der Waals surface area contributed by atoms with Crippen molar-refractivity contribution in [3.8, 4) is 0 Å². The quantitative estimate of drug-likeness (QED) is 0.790. The Morgan fingerprint density at radius 1 is 1.44 bits per heavy atom. The lowest BCUT2D eigenvalue weighted by molar-refractivity contribution is 0.0704. The van der Waals surface area contributed by atoms with Gasteiger partial charge in [-0.3, -0.25) is 9.59 Å². The smallest absolute Gasteiger partial charge is 0.270 e. The van der Waals surface area contributed by atoms with Crippen molar-refractivity contribution >= 4 is 12.2 Å². The van der Waals surface area contributed by atoms with Crippen LogP contribution in [0.5, 0.6) is 0 Å². The van der Waals surface area contributed by atoms with E-state index in [1.54, 1.807) is 29.6 Å². The lowest BCUT2D eigenvalue weighted by Gasteiger charge is -2.28. The van der Waals surface area contributed by atoms with Crippen molar-refractivity contribution in [3.05, 3.63) is 41.7 Å². The number of fused-ring (bicyclic) bond motifs is 1. The number of nitrogens with zero attached hydrogens (tertiary/aromatic N) is 3. The summed E-state index contributed by atoms with van der Waals surface area (Å²) in [6.45, 7) is 1.72. The summed E-state index contributed by atoms with van der Waals surface area (Å²) in [6, 6.07) is 3.53. The number of carbonyl (C=O) groups is 2. The molecule has 0 bridgehead atoms. The molecule has 0 radical (unpaired) electrons. The van der Waals surface area contributed by atoms with Crippen LogP contribution in [0, 0.1) is 0 Å². The molecule has 0 unspecified atom stereocenters. The first-order valence-electron chi connectivity index (χ1n) is 5.71. The molecular weight excluding hydrogens is 232 g/mol. The average Bonchev–Trinajstić information content (AvgIpc) is 3.06. The standard InChI is InChI=1S/C12H12N4O2/c17-7-10-11-6-15(4-5-16(11)8-14-10)12(18)9-2-1-3-13-9/h1-3,7-8,13H,4-6H2. The minimum atomic E-state index is -0.0516. The van der Waals surface area contributed by atoms with Gasteiger partial charge >= 0.3 is 0 Å². The summed E-state index contributed by atoms with van der Waals surface area (Å²) in [5.41, 5.74) is 1.78. The number of imidazole rings is 1. The molecule has 2 aromatic heterocycles. The molecule has 0 saturated heterocycles. The normalized spacial score (nSPS) is 14.3. The summed E-state index contributed by atoms with van der Waals surface area (Å²) in [5, 5.41) is 0. The van der Waals surface area contributed by atoms with Crippen LogP contribution in [-0.4, -0.2) is 38.2 Å². The molecular formula is C12H12N4O2. The van der Waals surface area contributed by atoms with E-state index in [9.17, 15) is 9.59 Å². The molecule has 18 heavy (non-hydrogen) atoms. The van der Waals surface area contributed by atoms with Gasteiger partial charge in [0.2, 0.25) is 0 Å². The van der Waals surface area contributed by atoms with Crippen LogP contribution in [0.1, 0.15) is 26.7 Å². The maximum atomic E-state index is 12.2. The van der Waals surface area contributed by atoms with E-state index in [0.717, 1.165) is 12.0 Å². The molecule has 0 aliphatic carbocycles. The number of hydrogen-bond acceptors (Lipinski definition) is 3. The second-order valence-electron chi connectivity index (χ2n) is 4.20. The van der Waals surface area contributed by atoms with Gasteiger partial charge in [-0.2, -0.15) is 0 Å². The van der Waals surface area contributed by atoms with Crippen LogP contribution in [0.3, 0.4) is 0 Å². The Bertz CT molecular complexity index is 585. The highest BCUT2D eigenvalue weighted by molar-refractivity contribution is 5.92. The molecule has 92 valence electrons. The van der Waals surface area contributed by atoms with Crippen LogP contribution < -0.4 is 0 Å². The van der Waals surface area contributed by atoms with E-state index >= 15 is 0 Å². The fraction of sp³-hybridized carbons (Fsp3) is 0.250. The number of aromatic nitrogens is 3. The van der Waals surface area contributed by atoms with Crippen molar-refractivity contribution < 1.29 is 9.59 Å². The Morgan fingerprint density at radius 3 is 3.06 bits per heavy atom. The lowest BCUT2D eigenvalue weighted by atomic mass is 10.2. The third kappa shape index (κ3) is 1.62. The molecule has 0 spiro atoms. The Kier molecular flexibility index (Phi) is 2.47. The number of aldehydes is 1. The van der Waals surface area contributed by atoms with E-state index in [-0.39, 0.29) is 5.91 Å².